The van der Waals surface area contributed by atoms with E-state index in [-0.39, 0.29) is 12.0 Å². The largest absolute Gasteiger partial charge is 0.326 e. The van der Waals surface area contributed by atoms with E-state index in [2.05, 4.69) is 11.6 Å². The third-order valence-electron chi connectivity index (χ3n) is 4.53. The molecule has 1 fully saturated rings. The highest BCUT2D eigenvalue weighted by molar-refractivity contribution is 7.89. The van der Waals surface area contributed by atoms with Crippen molar-refractivity contribution in [3.05, 3.63) is 29.8 Å². The standard InChI is InChI=1S/C15H24N2O2S/c1-2-15(9-5-6-10-15)12-17-20(18,19)14-8-4-3-7-13(14)11-16/h3-4,7-8,17H,2,5-6,9-12,16H2,1H3. The second kappa shape index (κ2) is 6.24. The van der Waals surface area contributed by atoms with Crippen molar-refractivity contribution >= 4 is 10.0 Å². The summed E-state index contributed by atoms with van der Waals surface area (Å²) in [7, 11) is -3.47. The molecule has 1 aliphatic carbocycles. The predicted molar refractivity (Wildman–Crippen MR) is 80.7 cm³/mol. The monoisotopic (exact) mass is 296 g/mol. The van der Waals surface area contributed by atoms with Gasteiger partial charge in [0.25, 0.3) is 0 Å². The van der Waals surface area contributed by atoms with Gasteiger partial charge >= 0.3 is 0 Å². The van der Waals surface area contributed by atoms with Crippen molar-refractivity contribution < 1.29 is 8.42 Å². The summed E-state index contributed by atoms with van der Waals surface area (Å²) in [5, 5.41) is 0. The molecule has 5 heteroatoms. The highest BCUT2D eigenvalue weighted by Gasteiger charge is 2.33. The molecule has 0 aromatic heterocycles. The molecule has 0 spiro atoms. The highest BCUT2D eigenvalue weighted by Crippen LogP contribution is 2.40. The zero-order valence-corrected chi connectivity index (χ0v) is 12.9. The maximum atomic E-state index is 12.5. The molecule has 1 aromatic carbocycles. The van der Waals surface area contributed by atoms with E-state index in [9.17, 15) is 8.42 Å². The van der Waals surface area contributed by atoms with Crippen molar-refractivity contribution in [2.45, 2.75) is 50.5 Å². The maximum absolute atomic E-state index is 12.5. The number of nitrogens with one attached hydrogen (secondary N) is 1. The van der Waals surface area contributed by atoms with Gasteiger partial charge in [-0.25, -0.2) is 13.1 Å². The fourth-order valence-corrected chi connectivity index (χ4v) is 4.45. The van der Waals surface area contributed by atoms with Crippen LogP contribution in [0.3, 0.4) is 0 Å². The Hall–Kier alpha value is -0.910. The van der Waals surface area contributed by atoms with Crippen LogP contribution < -0.4 is 10.5 Å². The molecule has 0 radical (unpaired) electrons. The Morgan fingerprint density at radius 1 is 1.25 bits per heavy atom. The molecule has 0 saturated heterocycles. The average Bonchev–Trinajstić information content (AvgIpc) is 2.95. The zero-order valence-electron chi connectivity index (χ0n) is 12.1. The first-order valence-electron chi connectivity index (χ1n) is 7.31. The molecule has 1 aromatic rings. The number of nitrogens with two attached hydrogens (primary N) is 1. The summed E-state index contributed by atoms with van der Waals surface area (Å²) in [4.78, 5) is 0.312. The van der Waals surface area contributed by atoms with E-state index in [1.165, 1.54) is 12.8 Å². The average molecular weight is 296 g/mol. The summed E-state index contributed by atoms with van der Waals surface area (Å²) in [5.74, 6) is 0. The minimum Gasteiger partial charge on any atom is -0.326 e. The van der Waals surface area contributed by atoms with Gasteiger partial charge in [0.1, 0.15) is 0 Å². The lowest BCUT2D eigenvalue weighted by molar-refractivity contribution is 0.285. The van der Waals surface area contributed by atoms with Crippen molar-refractivity contribution in [2.75, 3.05) is 6.54 Å². The van der Waals surface area contributed by atoms with Crippen molar-refractivity contribution in [1.82, 2.24) is 4.72 Å². The molecule has 4 nitrogen and oxygen atoms in total. The molecule has 0 unspecified atom stereocenters. The molecular formula is C15H24N2O2S. The third-order valence-corrected chi connectivity index (χ3v) is 6.04. The molecule has 20 heavy (non-hydrogen) atoms. The molecule has 0 atom stereocenters. The van der Waals surface area contributed by atoms with E-state index in [0.717, 1.165) is 19.3 Å². The van der Waals surface area contributed by atoms with Crippen LogP contribution in [0.4, 0.5) is 0 Å². The SMILES string of the molecule is CCC1(CNS(=O)(=O)c2ccccc2CN)CCCC1. The molecule has 2 rings (SSSR count). The first-order valence-corrected chi connectivity index (χ1v) is 8.79. The highest BCUT2D eigenvalue weighted by atomic mass is 32.2. The van der Waals surface area contributed by atoms with Gasteiger partial charge in [0.15, 0.2) is 0 Å². The number of hydrogen-bond donors (Lipinski definition) is 2. The van der Waals surface area contributed by atoms with Crippen LogP contribution in [0.25, 0.3) is 0 Å². The minimum atomic E-state index is -3.47. The van der Waals surface area contributed by atoms with Crippen LogP contribution in [0.15, 0.2) is 29.2 Å². The van der Waals surface area contributed by atoms with Gasteiger partial charge in [-0.05, 0) is 36.3 Å². The van der Waals surface area contributed by atoms with Crippen molar-refractivity contribution in [3.63, 3.8) is 0 Å². The van der Waals surface area contributed by atoms with Crippen molar-refractivity contribution in [3.8, 4) is 0 Å². The molecule has 3 N–H and O–H groups in total. The number of rotatable bonds is 6. The van der Waals surface area contributed by atoms with Gasteiger partial charge in [-0.15, -0.1) is 0 Å². The molecule has 0 bridgehead atoms. The molecule has 1 aliphatic rings. The van der Waals surface area contributed by atoms with Crippen molar-refractivity contribution in [1.29, 1.82) is 0 Å². The number of benzene rings is 1. The van der Waals surface area contributed by atoms with Crippen LogP contribution in [-0.4, -0.2) is 15.0 Å². The molecule has 112 valence electrons. The van der Waals surface area contributed by atoms with Crippen LogP contribution in [0.2, 0.25) is 0 Å². The Labute approximate surface area is 121 Å². The maximum Gasteiger partial charge on any atom is 0.240 e. The fourth-order valence-electron chi connectivity index (χ4n) is 3.04. The number of sulfonamides is 1. The van der Waals surface area contributed by atoms with Gasteiger partial charge < -0.3 is 5.73 Å². The van der Waals surface area contributed by atoms with Gasteiger partial charge in [-0.2, -0.15) is 0 Å². The minimum absolute atomic E-state index is 0.144. The van der Waals surface area contributed by atoms with Gasteiger partial charge in [0.2, 0.25) is 10.0 Å². The first kappa shape index (κ1) is 15.5. The van der Waals surface area contributed by atoms with Gasteiger partial charge in [-0.3, -0.25) is 0 Å². The zero-order chi connectivity index (χ0) is 14.6. The van der Waals surface area contributed by atoms with E-state index >= 15 is 0 Å². The summed E-state index contributed by atoms with van der Waals surface area (Å²) < 4.78 is 27.7. The molecular weight excluding hydrogens is 272 g/mol. The van der Waals surface area contributed by atoms with E-state index in [4.69, 9.17) is 5.73 Å². The normalized spacial score (nSPS) is 18.3. The summed E-state index contributed by atoms with van der Waals surface area (Å²) in [6, 6.07) is 6.93. The van der Waals surface area contributed by atoms with E-state index in [1.807, 2.05) is 6.07 Å². The second-order valence-electron chi connectivity index (χ2n) is 5.70. The lowest BCUT2D eigenvalue weighted by atomic mass is 9.84. The number of hydrogen-bond acceptors (Lipinski definition) is 3. The quantitative estimate of drug-likeness (QED) is 0.846. The molecule has 0 aliphatic heterocycles. The van der Waals surface area contributed by atoms with Crippen LogP contribution >= 0.6 is 0 Å². The summed E-state index contributed by atoms with van der Waals surface area (Å²) >= 11 is 0. The first-order chi connectivity index (χ1) is 9.53. The van der Waals surface area contributed by atoms with Gasteiger partial charge in [-0.1, -0.05) is 38.0 Å². The summed E-state index contributed by atoms with van der Waals surface area (Å²) in [6.45, 7) is 2.91. The Balaban J connectivity index is 2.15. The lowest BCUT2D eigenvalue weighted by Gasteiger charge is -2.27. The Morgan fingerprint density at radius 3 is 2.50 bits per heavy atom. The summed E-state index contributed by atoms with van der Waals surface area (Å²) in [6.07, 6.45) is 5.66. The van der Waals surface area contributed by atoms with E-state index in [0.29, 0.717) is 17.0 Å². The topological polar surface area (TPSA) is 72.2 Å². The Kier molecular flexibility index (Phi) is 4.83. The lowest BCUT2D eigenvalue weighted by Crippen LogP contribution is -2.36. The molecule has 0 heterocycles. The smallest absolute Gasteiger partial charge is 0.240 e. The van der Waals surface area contributed by atoms with E-state index in [1.54, 1.807) is 18.2 Å². The van der Waals surface area contributed by atoms with Crippen LogP contribution in [0.1, 0.15) is 44.6 Å². The van der Waals surface area contributed by atoms with Crippen LogP contribution in [-0.2, 0) is 16.6 Å². The molecule has 0 amide bonds. The Morgan fingerprint density at radius 2 is 1.90 bits per heavy atom. The second-order valence-corrected chi connectivity index (χ2v) is 7.43. The molecule has 1 saturated carbocycles. The predicted octanol–water partition coefficient (Wildman–Crippen LogP) is 2.39. The van der Waals surface area contributed by atoms with Crippen LogP contribution in [0.5, 0.6) is 0 Å². The third kappa shape index (κ3) is 3.22. The summed E-state index contributed by atoms with van der Waals surface area (Å²) in [5.41, 5.74) is 6.43. The van der Waals surface area contributed by atoms with Crippen molar-refractivity contribution in [2.24, 2.45) is 11.1 Å². The van der Waals surface area contributed by atoms with Crippen LogP contribution in [0, 0.1) is 5.41 Å². The Bertz CT molecular complexity index is 549. The van der Waals surface area contributed by atoms with E-state index < -0.39 is 10.0 Å². The van der Waals surface area contributed by atoms with Gasteiger partial charge in [0, 0.05) is 13.1 Å². The van der Waals surface area contributed by atoms with Gasteiger partial charge in [0.05, 0.1) is 4.90 Å². The fraction of sp³-hybridized carbons (Fsp3) is 0.600.